The van der Waals surface area contributed by atoms with Crippen molar-refractivity contribution >= 4 is 57.3 Å². The molecule has 0 N–H and O–H groups in total. The molecular formula is C11H14I2N2. The van der Waals surface area contributed by atoms with E-state index in [0.717, 1.165) is 12.3 Å². The molecule has 0 heterocycles. The summed E-state index contributed by atoms with van der Waals surface area (Å²) in [4.78, 5) is 0. The number of amidine groups is 1. The molecule has 0 aliphatic carbocycles. The first-order valence-corrected chi connectivity index (χ1v) is 6.74. The Kier molecular flexibility index (Phi) is 5.31. The molecule has 0 radical (unpaired) electrons. The molecule has 0 unspecified atom stereocenters. The van der Waals surface area contributed by atoms with E-state index in [2.05, 4.69) is 91.0 Å². The monoisotopic (exact) mass is 428 g/mol. The van der Waals surface area contributed by atoms with Crippen molar-refractivity contribution in [3.63, 3.8) is 0 Å². The average molecular weight is 428 g/mol. The summed E-state index contributed by atoms with van der Waals surface area (Å²) < 4.78 is 6.42. The highest BCUT2D eigenvalue weighted by Crippen LogP contribution is 2.28. The first-order valence-electron chi connectivity index (χ1n) is 4.81. The van der Waals surface area contributed by atoms with Crippen LogP contribution in [0.5, 0.6) is 0 Å². The highest BCUT2D eigenvalue weighted by molar-refractivity contribution is 14.1. The van der Waals surface area contributed by atoms with E-state index in [9.17, 15) is 0 Å². The van der Waals surface area contributed by atoms with Crippen LogP contribution in [0, 0.1) is 13.8 Å². The van der Waals surface area contributed by atoms with Gasteiger partial charge in [0, 0.05) is 6.42 Å². The van der Waals surface area contributed by atoms with Gasteiger partial charge in [0.25, 0.3) is 0 Å². The lowest BCUT2D eigenvalue weighted by atomic mass is 10.1. The van der Waals surface area contributed by atoms with Crippen LogP contribution in [0.4, 0.5) is 5.69 Å². The highest BCUT2D eigenvalue weighted by atomic mass is 127. The summed E-state index contributed by atoms with van der Waals surface area (Å²) in [5.41, 5.74) is 3.83. The van der Waals surface area contributed by atoms with Crippen molar-refractivity contribution < 1.29 is 0 Å². The molecule has 82 valence electrons. The molecule has 0 aliphatic rings. The van der Waals surface area contributed by atoms with Crippen LogP contribution >= 0.6 is 45.7 Å². The van der Waals surface area contributed by atoms with E-state index < -0.39 is 0 Å². The number of hydrogen-bond donors (Lipinski definition) is 0. The van der Waals surface area contributed by atoms with Gasteiger partial charge in [-0.3, -0.25) is 3.11 Å². The van der Waals surface area contributed by atoms with Crippen molar-refractivity contribution in [2.24, 2.45) is 3.21 Å². The van der Waals surface area contributed by atoms with Crippen LogP contribution < -0.4 is 3.11 Å². The van der Waals surface area contributed by atoms with Crippen LogP contribution in [0.1, 0.15) is 24.5 Å². The largest absolute Gasteiger partial charge is 0.269 e. The van der Waals surface area contributed by atoms with Crippen molar-refractivity contribution in [2.45, 2.75) is 27.2 Å². The summed E-state index contributed by atoms with van der Waals surface area (Å²) >= 11 is 4.37. The van der Waals surface area contributed by atoms with E-state index in [-0.39, 0.29) is 0 Å². The van der Waals surface area contributed by atoms with Gasteiger partial charge in [-0.05, 0) is 25.0 Å². The van der Waals surface area contributed by atoms with Crippen LogP contribution in [0.15, 0.2) is 21.4 Å². The van der Waals surface area contributed by atoms with E-state index in [1.165, 1.54) is 16.8 Å². The molecule has 1 rings (SSSR count). The van der Waals surface area contributed by atoms with E-state index in [1.807, 2.05) is 0 Å². The average Bonchev–Trinajstić information content (AvgIpc) is 2.19. The van der Waals surface area contributed by atoms with Gasteiger partial charge in [-0.1, -0.05) is 25.1 Å². The predicted octanol–water partition coefficient (Wildman–Crippen LogP) is 4.62. The Hall–Kier alpha value is 0.150. The van der Waals surface area contributed by atoms with Crippen LogP contribution in [-0.4, -0.2) is 5.84 Å². The number of halogens is 2. The standard InChI is InChI=1S/C11H14I2N2/c1-4-10(14-12)15(13)11-8(2)6-5-7-9(11)3/h5-7H,4H2,1-3H3. The van der Waals surface area contributed by atoms with Gasteiger partial charge in [0.1, 0.15) is 5.84 Å². The Morgan fingerprint density at radius 3 is 2.27 bits per heavy atom. The van der Waals surface area contributed by atoms with Gasteiger partial charge in [0.05, 0.1) is 51.4 Å². The molecule has 0 amide bonds. The number of hydrogen-bond acceptors (Lipinski definition) is 1. The minimum atomic E-state index is 0.944. The van der Waals surface area contributed by atoms with Gasteiger partial charge >= 0.3 is 0 Å². The van der Waals surface area contributed by atoms with Crippen LogP contribution in [0.3, 0.4) is 0 Å². The van der Waals surface area contributed by atoms with Crippen molar-refractivity contribution in [2.75, 3.05) is 3.11 Å². The third-order valence-electron chi connectivity index (χ3n) is 2.28. The molecule has 1 aromatic carbocycles. The van der Waals surface area contributed by atoms with Gasteiger partial charge in [-0.15, -0.1) is 0 Å². The normalized spacial score (nSPS) is 11.7. The van der Waals surface area contributed by atoms with Crippen LogP contribution in [0.25, 0.3) is 0 Å². The zero-order chi connectivity index (χ0) is 11.4. The number of anilines is 1. The number of benzene rings is 1. The predicted molar refractivity (Wildman–Crippen MR) is 84.2 cm³/mol. The molecule has 1 aromatic rings. The van der Waals surface area contributed by atoms with Crippen LogP contribution in [0.2, 0.25) is 0 Å². The SMILES string of the molecule is CCC(=NI)N(I)c1c(C)cccc1C. The van der Waals surface area contributed by atoms with E-state index >= 15 is 0 Å². The summed E-state index contributed by atoms with van der Waals surface area (Å²) in [6.07, 6.45) is 0.944. The second-order valence-electron chi connectivity index (χ2n) is 3.38. The van der Waals surface area contributed by atoms with E-state index in [0.29, 0.717) is 0 Å². The molecule has 0 fully saturated rings. The van der Waals surface area contributed by atoms with E-state index in [4.69, 9.17) is 0 Å². The zero-order valence-corrected chi connectivity index (χ0v) is 13.4. The zero-order valence-electron chi connectivity index (χ0n) is 9.09. The second kappa shape index (κ2) is 6.03. The molecule has 2 nitrogen and oxygen atoms in total. The first-order chi connectivity index (χ1) is 7.11. The molecule has 0 aliphatic heterocycles. The quantitative estimate of drug-likeness (QED) is 0.291. The molecule has 0 bridgehead atoms. The summed E-state index contributed by atoms with van der Waals surface area (Å²) in [5, 5.41) is 0. The Balaban J connectivity index is 3.16. The Bertz CT molecular complexity index is 355. The smallest absolute Gasteiger partial charge is 0.124 e. The van der Waals surface area contributed by atoms with Gasteiger partial charge in [-0.2, -0.15) is 0 Å². The summed E-state index contributed by atoms with van der Waals surface area (Å²) in [7, 11) is 0. The summed E-state index contributed by atoms with van der Waals surface area (Å²) in [5.74, 6) is 1.09. The van der Waals surface area contributed by atoms with E-state index in [1.54, 1.807) is 0 Å². The fraction of sp³-hybridized carbons (Fsp3) is 0.364. The second-order valence-corrected chi connectivity index (χ2v) is 4.82. The van der Waals surface area contributed by atoms with Crippen molar-refractivity contribution in [1.29, 1.82) is 0 Å². The lowest BCUT2D eigenvalue weighted by Gasteiger charge is -2.21. The Labute approximate surface area is 119 Å². The first kappa shape index (κ1) is 13.2. The number of aryl methyl sites for hydroxylation is 2. The van der Waals surface area contributed by atoms with Crippen molar-refractivity contribution in [3.05, 3.63) is 29.3 Å². The van der Waals surface area contributed by atoms with Gasteiger partial charge in [-0.25, -0.2) is 3.21 Å². The molecule has 0 saturated carbocycles. The lowest BCUT2D eigenvalue weighted by Crippen LogP contribution is -2.20. The minimum absolute atomic E-state index is 0.944. The third kappa shape index (κ3) is 3.05. The van der Waals surface area contributed by atoms with Crippen molar-refractivity contribution in [3.8, 4) is 0 Å². The Morgan fingerprint density at radius 1 is 1.33 bits per heavy atom. The van der Waals surface area contributed by atoms with Crippen molar-refractivity contribution in [1.82, 2.24) is 0 Å². The van der Waals surface area contributed by atoms with Gasteiger partial charge < -0.3 is 0 Å². The third-order valence-corrected chi connectivity index (χ3v) is 3.87. The maximum Gasteiger partial charge on any atom is 0.124 e. The van der Waals surface area contributed by atoms with Gasteiger partial charge in [0.15, 0.2) is 0 Å². The topological polar surface area (TPSA) is 15.6 Å². The fourth-order valence-corrected chi connectivity index (χ4v) is 3.66. The fourth-order valence-electron chi connectivity index (χ4n) is 1.48. The summed E-state index contributed by atoms with van der Waals surface area (Å²) in [6.45, 7) is 6.39. The summed E-state index contributed by atoms with van der Waals surface area (Å²) in [6, 6.07) is 6.36. The molecular weight excluding hydrogens is 414 g/mol. The number of rotatable bonds is 2. The molecule has 15 heavy (non-hydrogen) atoms. The molecule has 0 saturated heterocycles. The molecule has 4 heteroatoms. The lowest BCUT2D eigenvalue weighted by molar-refractivity contribution is 1.24. The molecule has 0 spiro atoms. The molecule has 0 atom stereocenters. The van der Waals surface area contributed by atoms with Gasteiger partial charge in [0.2, 0.25) is 0 Å². The maximum absolute atomic E-state index is 4.27. The number of nitrogens with zero attached hydrogens (tertiary/aromatic N) is 2. The maximum atomic E-state index is 4.27. The Morgan fingerprint density at radius 2 is 1.87 bits per heavy atom. The highest BCUT2D eigenvalue weighted by Gasteiger charge is 2.13. The minimum Gasteiger partial charge on any atom is -0.269 e. The van der Waals surface area contributed by atoms with Crippen LogP contribution in [-0.2, 0) is 0 Å². The molecule has 0 aromatic heterocycles. The number of para-hydroxylation sites is 1.